The lowest BCUT2D eigenvalue weighted by Crippen LogP contribution is -2.30. The molecule has 0 amide bonds. The molecule has 2 heteroatoms. The lowest BCUT2D eigenvalue weighted by Gasteiger charge is -2.35. The number of hydrogen-bond donors (Lipinski definition) is 0. The molecule has 0 atom stereocenters. The first-order valence-electron chi connectivity index (χ1n) is 8.74. The molecule has 2 aromatic rings. The minimum atomic E-state index is -0.0358. The third-order valence-electron chi connectivity index (χ3n) is 6.41. The van der Waals surface area contributed by atoms with Crippen LogP contribution in [0.5, 0.6) is 0 Å². The largest absolute Gasteiger partial charge is 0.289 e. The van der Waals surface area contributed by atoms with Crippen LogP contribution in [0.4, 0.5) is 0 Å². The Morgan fingerprint density at radius 2 is 1.42 bits per heavy atom. The van der Waals surface area contributed by atoms with Crippen molar-refractivity contribution in [2.24, 2.45) is 5.41 Å². The summed E-state index contributed by atoms with van der Waals surface area (Å²) in [5.74, 6) is -0.0569. The van der Waals surface area contributed by atoms with Crippen molar-refractivity contribution in [3.63, 3.8) is 0 Å². The highest BCUT2D eigenvalue weighted by atomic mass is 16.1. The molecule has 2 nitrogen and oxygen atoms in total. The Labute approximate surface area is 142 Å². The van der Waals surface area contributed by atoms with Crippen LogP contribution in [-0.4, -0.2) is 11.6 Å². The van der Waals surface area contributed by atoms with Crippen molar-refractivity contribution < 1.29 is 9.59 Å². The zero-order chi connectivity index (χ0) is 17.1. The van der Waals surface area contributed by atoms with Gasteiger partial charge in [-0.05, 0) is 36.0 Å². The molecule has 0 N–H and O–H groups in total. The van der Waals surface area contributed by atoms with E-state index in [1.165, 1.54) is 5.56 Å². The van der Waals surface area contributed by atoms with Gasteiger partial charge in [0.05, 0.1) is 0 Å². The van der Waals surface area contributed by atoms with Gasteiger partial charge in [-0.3, -0.25) is 9.59 Å². The number of carbonyl (C=O) groups is 2. The second kappa shape index (κ2) is 4.89. The molecule has 24 heavy (non-hydrogen) atoms. The molecular weight excluding hydrogens is 296 g/mol. The quantitative estimate of drug-likeness (QED) is 0.686. The van der Waals surface area contributed by atoms with Crippen molar-refractivity contribution in [1.82, 2.24) is 0 Å². The second-order valence-electron chi connectivity index (χ2n) is 7.78. The number of ketones is 2. The fraction of sp³-hybridized carbons (Fsp3) is 0.364. The summed E-state index contributed by atoms with van der Waals surface area (Å²) in [5, 5.41) is 0. The Morgan fingerprint density at radius 1 is 0.875 bits per heavy atom. The number of fused-ring (bicyclic) bond motifs is 2. The molecule has 0 aromatic heterocycles. The Bertz CT molecular complexity index is 869. The maximum Gasteiger partial charge on any atom is 0.194 e. The van der Waals surface area contributed by atoms with Gasteiger partial charge in [0, 0.05) is 27.7 Å². The van der Waals surface area contributed by atoms with E-state index in [4.69, 9.17) is 0 Å². The summed E-state index contributed by atoms with van der Waals surface area (Å²) < 4.78 is 0. The SMILES string of the molecule is CCC(C)(C)C1(c2ccc3c(c2)C(=O)c2ccccc2C3=O)CC1. The van der Waals surface area contributed by atoms with Gasteiger partial charge >= 0.3 is 0 Å². The molecule has 1 saturated carbocycles. The molecule has 2 aliphatic carbocycles. The van der Waals surface area contributed by atoms with Crippen LogP contribution >= 0.6 is 0 Å². The van der Waals surface area contributed by atoms with Crippen molar-refractivity contribution in [2.75, 3.05) is 0 Å². The first kappa shape index (κ1) is 15.3. The molecule has 4 rings (SSSR count). The summed E-state index contributed by atoms with van der Waals surface area (Å²) in [7, 11) is 0. The van der Waals surface area contributed by atoms with Crippen LogP contribution in [-0.2, 0) is 5.41 Å². The molecule has 0 saturated heterocycles. The van der Waals surface area contributed by atoms with Gasteiger partial charge in [-0.25, -0.2) is 0 Å². The molecule has 0 heterocycles. The normalized spacial score (nSPS) is 18.1. The minimum Gasteiger partial charge on any atom is -0.289 e. The third-order valence-corrected chi connectivity index (χ3v) is 6.41. The van der Waals surface area contributed by atoms with Crippen molar-refractivity contribution in [3.8, 4) is 0 Å². The highest BCUT2D eigenvalue weighted by molar-refractivity contribution is 6.28. The van der Waals surface area contributed by atoms with Crippen molar-refractivity contribution >= 4 is 11.6 Å². The lowest BCUT2D eigenvalue weighted by molar-refractivity contribution is 0.0979. The molecule has 1 fully saturated rings. The summed E-state index contributed by atoms with van der Waals surface area (Å²) >= 11 is 0. The summed E-state index contributed by atoms with van der Waals surface area (Å²) in [6.45, 7) is 6.84. The molecule has 0 bridgehead atoms. The van der Waals surface area contributed by atoms with E-state index in [0.717, 1.165) is 19.3 Å². The monoisotopic (exact) mass is 318 g/mol. The van der Waals surface area contributed by atoms with E-state index in [-0.39, 0.29) is 22.4 Å². The summed E-state index contributed by atoms with van der Waals surface area (Å²) in [6, 6.07) is 13.1. The highest BCUT2D eigenvalue weighted by Gasteiger charge is 2.54. The lowest BCUT2D eigenvalue weighted by atomic mass is 9.69. The van der Waals surface area contributed by atoms with Gasteiger partial charge in [-0.1, -0.05) is 57.5 Å². The summed E-state index contributed by atoms with van der Waals surface area (Å²) in [4.78, 5) is 25.7. The molecular formula is C22H22O2. The third kappa shape index (κ3) is 1.89. The van der Waals surface area contributed by atoms with Gasteiger partial charge in [0.25, 0.3) is 0 Å². The van der Waals surface area contributed by atoms with Crippen LogP contribution in [0.2, 0.25) is 0 Å². The molecule has 0 aliphatic heterocycles. The van der Waals surface area contributed by atoms with Gasteiger partial charge in [-0.2, -0.15) is 0 Å². The Morgan fingerprint density at radius 3 is 1.96 bits per heavy atom. The maximum absolute atomic E-state index is 12.9. The number of carbonyl (C=O) groups excluding carboxylic acids is 2. The van der Waals surface area contributed by atoms with Gasteiger partial charge in [0.2, 0.25) is 0 Å². The molecule has 0 spiro atoms. The first-order valence-corrected chi connectivity index (χ1v) is 8.74. The zero-order valence-corrected chi connectivity index (χ0v) is 14.5. The standard InChI is InChI=1S/C22H22O2/c1-4-21(2,3)22(11-12-22)14-9-10-17-18(13-14)20(24)16-8-6-5-7-15(16)19(17)23/h5-10,13H,4,11-12H2,1-3H3. The van der Waals surface area contributed by atoms with Crippen molar-refractivity contribution in [1.29, 1.82) is 0 Å². The molecule has 2 aromatic carbocycles. The summed E-state index contributed by atoms with van der Waals surface area (Å²) in [6.07, 6.45) is 3.41. The molecule has 0 unspecified atom stereocenters. The van der Waals surface area contributed by atoms with Crippen LogP contribution in [0.3, 0.4) is 0 Å². The minimum absolute atomic E-state index is 0.0212. The maximum atomic E-state index is 12.9. The van der Waals surface area contributed by atoms with E-state index < -0.39 is 0 Å². The predicted octanol–water partition coefficient (Wildman–Crippen LogP) is 4.93. The fourth-order valence-electron chi connectivity index (χ4n) is 4.22. The average Bonchev–Trinajstić information content (AvgIpc) is 3.42. The topological polar surface area (TPSA) is 34.1 Å². The van der Waals surface area contributed by atoms with Crippen LogP contribution in [0.25, 0.3) is 0 Å². The van der Waals surface area contributed by atoms with Crippen LogP contribution in [0.1, 0.15) is 77.4 Å². The van der Waals surface area contributed by atoms with Crippen LogP contribution < -0.4 is 0 Å². The number of hydrogen-bond acceptors (Lipinski definition) is 2. The number of benzene rings is 2. The van der Waals surface area contributed by atoms with E-state index >= 15 is 0 Å². The Hall–Kier alpha value is -2.22. The average molecular weight is 318 g/mol. The van der Waals surface area contributed by atoms with Gasteiger partial charge in [-0.15, -0.1) is 0 Å². The number of rotatable bonds is 3. The van der Waals surface area contributed by atoms with Gasteiger partial charge in [0.1, 0.15) is 0 Å². The summed E-state index contributed by atoms with van der Waals surface area (Å²) in [5.41, 5.74) is 3.75. The van der Waals surface area contributed by atoms with Crippen LogP contribution in [0, 0.1) is 5.41 Å². The van der Waals surface area contributed by atoms with Gasteiger partial charge < -0.3 is 0 Å². The molecule has 0 radical (unpaired) electrons. The van der Waals surface area contributed by atoms with Gasteiger partial charge in [0.15, 0.2) is 11.6 Å². The Kier molecular flexibility index (Phi) is 3.12. The first-order chi connectivity index (χ1) is 11.4. The smallest absolute Gasteiger partial charge is 0.194 e. The Balaban J connectivity index is 1.86. The second-order valence-corrected chi connectivity index (χ2v) is 7.78. The van der Waals surface area contributed by atoms with E-state index in [1.807, 2.05) is 24.3 Å². The van der Waals surface area contributed by atoms with Crippen LogP contribution in [0.15, 0.2) is 42.5 Å². The zero-order valence-electron chi connectivity index (χ0n) is 14.5. The van der Waals surface area contributed by atoms with E-state index in [2.05, 4.69) is 26.8 Å². The fourth-order valence-corrected chi connectivity index (χ4v) is 4.22. The highest BCUT2D eigenvalue weighted by Crippen LogP contribution is 2.61. The van der Waals surface area contributed by atoms with Crippen molar-refractivity contribution in [3.05, 3.63) is 70.3 Å². The van der Waals surface area contributed by atoms with E-state index in [1.54, 1.807) is 12.1 Å². The molecule has 122 valence electrons. The predicted molar refractivity (Wildman–Crippen MR) is 94.7 cm³/mol. The van der Waals surface area contributed by atoms with E-state index in [0.29, 0.717) is 22.3 Å². The van der Waals surface area contributed by atoms with Crippen molar-refractivity contribution in [2.45, 2.75) is 45.4 Å². The van der Waals surface area contributed by atoms with E-state index in [9.17, 15) is 9.59 Å². The molecule has 2 aliphatic rings.